The van der Waals surface area contributed by atoms with E-state index in [2.05, 4.69) is 36.0 Å². The molecule has 0 fully saturated rings. The maximum Gasteiger partial charge on any atom is 0.349 e. The third-order valence-corrected chi connectivity index (χ3v) is 3.09. The summed E-state index contributed by atoms with van der Waals surface area (Å²) in [5.74, 6) is 0.808. The first-order valence-corrected chi connectivity index (χ1v) is 6.19. The average Bonchev–Trinajstić information content (AvgIpc) is 2.74. The molecule has 0 aliphatic rings. The van der Waals surface area contributed by atoms with Gasteiger partial charge >= 0.3 is 5.69 Å². The smallest absolute Gasteiger partial charge is 0.281 e. The summed E-state index contributed by atoms with van der Waals surface area (Å²) in [5, 5.41) is 2.86. The number of rotatable bonds is 1. The van der Waals surface area contributed by atoms with Gasteiger partial charge < -0.3 is 0 Å². The number of halogens is 1. The van der Waals surface area contributed by atoms with Crippen LogP contribution in [0, 0.1) is 4.77 Å². The quantitative estimate of drug-likeness (QED) is 0.670. The zero-order valence-corrected chi connectivity index (χ0v) is 11.2. The Morgan fingerprint density at radius 2 is 1.94 bits per heavy atom. The van der Waals surface area contributed by atoms with Crippen LogP contribution in [0.4, 0.5) is 0 Å². The van der Waals surface area contributed by atoms with Crippen LogP contribution in [-0.4, -0.2) is 24.6 Å². The van der Waals surface area contributed by atoms with Crippen molar-refractivity contribution in [3.63, 3.8) is 0 Å². The van der Waals surface area contributed by atoms with E-state index in [1.54, 1.807) is 0 Å². The first-order valence-electron chi connectivity index (χ1n) is 4.98. The minimum Gasteiger partial charge on any atom is -0.281 e. The number of hydrogen-bond donors (Lipinski definition) is 2. The number of nitrogens with one attached hydrogen (secondary N) is 2. The zero-order valence-electron chi connectivity index (χ0n) is 8.85. The lowest BCUT2D eigenvalue weighted by atomic mass is 10.2. The average molecular weight is 324 g/mol. The van der Waals surface area contributed by atoms with E-state index >= 15 is 0 Å². The van der Waals surface area contributed by atoms with E-state index in [-0.39, 0.29) is 16.2 Å². The Balaban J connectivity index is 2.25. The zero-order chi connectivity index (χ0) is 12.7. The van der Waals surface area contributed by atoms with Gasteiger partial charge in [-0.05, 0) is 24.4 Å². The van der Waals surface area contributed by atoms with Crippen LogP contribution in [0.5, 0.6) is 0 Å². The highest BCUT2D eigenvalue weighted by molar-refractivity contribution is 9.10. The van der Waals surface area contributed by atoms with Crippen LogP contribution in [0.1, 0.15) is 0 Å². The van der Waals surface area contributed by atoms with Gasteiger partial charge in [0.25, 0.3) is 5.78 Å². The van der Waals surface area contributed by atoms with Gasteiger partial charge in [0.05, 0.1) is 0 Å². The molecule has 1 aromatic carbocycles. The fourth-order valence-electron chi connectivity index (χ4n) is 1.55. The van der Waals surface area contributed by atoms with Gasteiger partial charge in [0.1, 0.15) is 0 Å². The lowest BCUT2D eigenvalue weighted by molar-refractivity contribution is 0.834. The SMILES string of the molecule is O=c1[nH]c(=S)nc2nc(-c3ccc(Br)cc3)[nH]n12. The van der Waals surface area contributed by atoms with E-state index in [0.717, 1.165) is 10.0 Å². The van der Waals surface area contributed by atoms with Crippen LogP contribution in [-0.2, 0) is 0 Å². The monoisotopic (exact) mass is 323 g/mol. The number of fused-ring (bicyclic) bond motifs is 1. The summed E-state index contributed by atoms with van der Waals surface area (Å²) in [4.78, 5) is 22.2. The molecular weight excluding hydrogens is 318 g/mol. The van der Waals surface area contributed by atoms with Gasteiger partial charge in [-0.25, -0.2) is 4.79 Å². The van der Waals surface area contributed by atoms with Gasteiger partial charge in [0.15, 0.2) is 5.82 Å². The Bertz CT molecular complexity index is 832. The highest BCUT2D eigenvalue weighted by Gasteiger charge is 2.07. The van der Waals surface area contributed by atoms with Crippen LogP contribution in [0.2, 0.25) is 0 Å². The molecule has 2 N–H and O–H groups in total. The summed E-state index contributed by atoms with van der Waals surface area (Å²) < 4.78 is 2.31. The van der Waals surface area contributed by atoms with Crippen LogP contribution in [0.25, 0.3) is 17.2 Å². The van der Waals surface area contributed by atoms with Crippen LogP contribution in [0.3, 0.4) is 0 Å². The van der Waals surface area contributed by atoms with Crippen LogP contribution >= 0.6 is 28.1 Å². The summed E-state index contributed by atoms with van der Waals surface area (Å²) in [6, 6.07) is 7.54. The third kappa shape index (κ3) is 1.89. The second kappa shape index (κ2) is 4.14. The highest BCUT2D eigenvalue weighted by Crippen LogP contribution is 2.18. The molecule has 0 radical (unpaired) electrons. The van der Waals surface area contributed by atoms with E-state index in [9.17, 15) is 4.79 Å². The number of aromatic amines is 2. The van der Waals surface area contributed by atoms with Crippen molar-refractivity contribution in [2.45, 2.75) is 0 Å². The second-order valence-corrected chi connectivity index (χ2v) is 4.86. The maximum atomic E-state index is 11.6. The van der Waals surface area contributed by atoms with Crippen molar-refractivity contribution in [2.24, 2.45) is 0 Å². The van der Waals surface area contributed by atoms with Crippen molar-refractivity contribution >= 4 is 33.9 Å². The fraction of sp³-hybridized carbons (Fsp3) is 0. The first kappa shape index (κ1) is 11.3. The van der Waals surface area contributed by atoms with Crippen molar-refractivity contribution in [3.05, 3.63) is 44.0 Å². The van der Waals surface area contributed by atoms with Gasteiger partial charge in [0.2, 0.25) is 4.77 Å². The number of hydrogen-bond acceptors (Lipinski definition) is 4. The number of aromatic nitrogens is 5. The van der Waals surface area contributed by atoms with Crippen LogP contribution < -0.4 is 5.69 Å². The Kier molecular flexibility index (Phi) is 2.60. The Hall–Kier alpha value is -1.80. The normalized spacial score (nSPS) is 10.9. The predicted octanol–water partition coefficient (Wildman–Crippen LogP) is 1.90. The van der Waals surface area contributed by atoms with E-state index < -0.39 is 0 Å². The van der Waals surface area contributed by atoms with Crippen LogP contribution in [0.15, 0.2) is 33.5 Å². The summed E-state index contributed by atoms with van der Waals surface area (Å²) in [7, 11) is 0. The lowest BCUT2D eigenvalue weighted by Crippen LogP contribution is -2.18. The standard InChI is InChI=1S/C10H6BrN5OS/c11-6-3-1-5(2-4-6)7-12-8-13-9(18)14-10(17)16(8)15-7/h1-4H,(H2,12,13,14,15,17,18). The Morgan fingerprint density at radius 3 is 2.67 bits per heavy atom. The summed E-state index contributed by atoms with van der Waals surface area (Å²) in [6.45, 7) is 0. The first-order chi connectivity index (χ1) is 8.63. The number of benzene rings is 1. The Labute approximate surface area is 114 Å². The van der Waals surface area contributed by atoms with Crippen molar-refractivity contribution in [1.82, 2.24) is 24.6 Å². The largest absolute Gasteiger partial charge is 0.349 e. The van der Waals surface area contributed by atoms with Gasteiger partial charge in [0, 0.05) is 10.0 Å². The molecule has 0 aliphatic carbocycles. The molecule has 8 heteroatoms. The molecule has 3 aromatic rings. The summed E-state index contributed by atoms with van der Waals surface area (Å²) >= 11 is 8.19. The van der Waals surface area contributed by atoms with Crippen molar-refractivity contribution in [3.8, 4) is 11.4 Å². The van der Waals surface area contributed by atoms with Gasteiger partial charge in [-0.1, -0.05) is 28.1 Å². The maximum absolute atomic E-state index is 11.6. The van der Waals surface area contributed by atoms with Crippen molar-refractivity contribution in [1.29, 1.82) is 0 Å². The van der Waals surface area contributed by atoms with E-state index in [1.807, 2.05) is 24.3 Å². The molecule has 0 aliphatic heterocycles. The molecule has 0 atom stereocenters. The molecule has 90 valence electrons. The molecule has 0 spiro atoms. The topological polar surface area (TPSA) is 78.8 Å². The van der Waals surface area contributed by atoms with E-state index in [0.29, 0.717) is 5.82 Å². The van der Waals surface area contributed by atoms with Crippen molar-refractivity contribution in [2.75, 3.05) is 0 Å². The molecular formula is C10H6BrN5OS. The summed E-state index contributed by atoms with van der Waals surface area (Å²) in [5.41, 5.74) is 0.467. The van der Waals surface area contributed by atoms with E-state index in [4.69, 9.17) is 12.2 Å². The number of nitrogens with zero attached hydrogens (tertiary/aromatic N) is 3. The Morgan fingerprint density at radius 1 is 1.22 bits per heavy atom. The molecule has 0 saturated heterocycles. The third-order valence-electron chi connectivity index (χ3n) is 2.37. The van der Waals surface area contributed by atoms with Crippen molar-refractivity contribution < 1.29 is 0 Å². The summed E-state index contributed by atoms with van der Waals surface area (Å²) in [6.07, 6.45) is 0. The molecule has 2 heterocycles. The van der Waals surface area contributed by atoms with E-state index in [1.165, 1.54) is 4.52 Å². The lowest BCUT2D eigenvalue weighted by Gasteiger charge is -1.95. The molecule has 0 saturated carbocycles. The predicted molar refractivity (Wildman–Crippen MR) is 71.9 cm³/mol. The molecule has 0 unspecified atom stereocenters. The molecule has 6 nitrogen and oxygen atoms in total. The molecule has 18 heavy (non-hydrogen) atoms. The van der Waals surface area contributed by atoms with Gasteiger partial charge in [-0.2, -0.15) is 14.5 Å². The molecule has 3 rings (SSSR count). The second-order valence-electron chi connectivity index (χ2n) is 3.56. The highest BCUT2D eigenvalue weighted by atomic mass is 79.9. The number of H-pyrrole nitrogens is 2. The van der Waals surface area contributed by atoms with Gasteiger partial charge in [-0.3, -0.25) is 10.1 Å². The minimum atomic E-state index is -0.388. The molecule has 0 bridgehead atoms. The van der Waals surface area contributed by atoms with Gasteiger partial charge in [-0.15, -0.1) is 0 Å². The minimum absolute atomic E-state index is 0.119. The fourth-order valence-corrected chi connectivity index (χ4v) is 1.98. The molecule has 0 amide bonds. The molecule has 2 aromatic heterocycles.